The number of rotatable bonds is 6. The Kier molecular flexibility index (Phi) is 4.94. The van der Waals surface area contributed by atoms with E-state index in [2.05, 4.69) is 36.5 Å². The standard InChI is InChI=1S/C18H23NO/c1-15-7-6-8-16(13-15)11-12-19-14-18(2,20)17-9-4-3-5-10-17/h3-10,13,19-20H,11-12,14H2,1-2H3. The third-order valence-electron chi connectivity index (χ3n) is 3.54. The molecule has 0 aromatic heterocycles. The maximum atomic E-state index is 10.5. The molecule has 1 unspecified atom stereocenters. The molecule has 106 valence electrons. The molecular weight excluding hydrogens is 246 g/mol. The number of benzene rings is 2. The van der Waals surface area contributed by atoms with Crippen molar-refractivity contribution in [1.82, 2.24) is 5.32 Å². The molecule has 0 bridgehead atoms. The van der Waals surface area contributed by atoms with E-state index in [-0.39, 0.29) is 0 Å². The van der Waals surface area contributed by atoms with Crippen molar-refractivity contribution < 1.29 is 5.11 Å². The van der Waals surface area contributed by atoms with Gasteiger partial charge in [-0.25, -0.2) is 0 Å². The van der Waals surface area contributed by atoms with Gasteiger partial charge in [-0.15, -0.1) is 0 Å². The van der Waals surface area contributed by atoms with Gasteiger partial charge in [0.05, 0.1) is 5.60 Å². The van der Waals surface area contributed by atoms with Crippen molar-refractivity contribution in [3.05, 3.63) is 71.3 Å². The number of hydrogen-bond donors (Lipinski definition) is 2. The van der Waals surface area contributed by atoms with Crippen molar-refractivity contribution in [3.8, 4) is 0 Å². The van der Waals surface area contributed by atoms with E-state index in [1.165, 1.54) is 11.1 Å². The molecule has 0 aliphatic carbocycles. The number of aryl methyl sites for hydroxylation is 1. The molecule has 2 N–H and O–H groups in total. The van der Waals surface area contributed by atoms with Crippen LogP contribution in [0.5, 0.6) is 0 Å². The lowest BCUT2D eigenvalue weighted by Crippen LogP contribution is -2.36. The van der Waals surface area contributed by atoms with Crippen molar-refractivity contribution in [1.29, 1.82) is 0 Å². The van der Waals surface area contributed by atoms with E-state index in [0.29, 0.717) is 6.54 Å². The van der Waals surface area contributed by atoms with Gasteiger partial charge >= 0.3 is 0 Å². The molecule has 2 rings (SSSR count). The fraction of sp³-hybridized carbons (Fsp3) is 0.333. The molecule has 2 heteroatoms. The smallest absolute Gasteiger partial charge is 0.0992 e. The van der Waals surface area contributed by atoms with Crippen molar-refractivity contribution in [2.75, 3.05) is 13.1 Å². The van der Waals surface area contributed by atoms with Gasteiger partial charge in [-0.2, -0.15) is 0 Å². The lowest BCUT2D eigenvalue weighted by atomic mass is 9.96. The molecule has 2 aromatic rings. The number of nitrogens with one attached hydrogen (secondary N) is 1. The third-order valence-corrected chi connectivity index (χ3v) is 3.54. The lowest BCUT2D eigenvalue weighted by Gasteiger charge is -2.24. The molecule has 2 nitrogen and oxygen atoms in total. The molecule has 0 aliphatic heterocycles. The van der Waals surface area contributed by atoms with E-state index < -0.39 is 5.60 Å². The summed E-state index contributed by atoms with van der Waals surface area (Å²) in [6, 6.07) is 18.3. The normalized spacial score (nSPS) is 13.9. The average Bonchev–Trinajstić information content (AvgIpc) is 2.45. The van der Waals surface area contributed by atoms with Crippen LogP contribution in [0.4, 0.5) is 0 Å². The molecule has 0 spiro atoms. The van der Waals surface area contributed by atoms with Crippen LogP contribution in [0.15, 0.2) is 54.6 Å². The summed E-state index contributed by atoms with van der Waals surface area (Å²) in [5.74, 6) is 0. The maximum absolute atomic E-state index is 10.5. The summed E-state index contributed by atoms with van der Waals surface area (Å²) in [4.78, 5) is 0. The first kappa shape index (κ1) is 14.8. The SMILES string of the molecule is Cc1cccc(CCNCC(C)(O)c2ccccc2)c1. The summed E-state index contributed by atoms with van der Waals surface area (Å²) in [5.41, 5.74) is 2.74. The fourth-order valence-electron chi connectivity index (χ4n) is 2.33. The van der Waals surface area contributed by atoms with Gasteiger partial charge in [-0.3, -0.25) is 0 Å². The molecule has 2 aromatic carbocycles. The quantitative estimate of drug-likeness (QED) is 0.790. The fourth-order valence-corrected chi connectivity index (χ4v) is 2.33. The second kappa shape index (κ2) is 6.69. The number of hydrogen-bond acceptors (Lipinski definition) is 2. The minimum atomic E-state index is -0.826. The van der Waals surface area contributed by atoms with E-state index in [0.717, 1.165) is 18.5 Å². The zero-order chi connectivity index (χ0) is 14.4. The van der Waals surface area contributed by atoms with Crippen LogP contribution in [0.1, 0.15) is 23.6 Å². The lowest BCUT2D eigenvalue weighted by molar-refractivity contribution is 0.0573. The summed E-state index contributed by atoms with van der Waals surface area (Å²) in [7, 11) is 0. The average molecular weight is 269 g/mol. The second-order valence-corrected chi connectivity index (χ2v) is 5.56. The summed E-state index contributed by atoms with van der Waals surface area (Å²) in [5, 5.41) is 13.8. The molecule has 0 saturated heterocycles. The maximum Gasteiger partial charge on any atom is 0.0992 e. The summed E-state index contributed by atoms with van der Waals surface area (Å²) >= 11 is 0. The first-order valence-corrected chi connectivity index (χ1v) is 7.12. The van der Waals surface area contributed by atoms with Crippen molar-refractivity contribution >= 4 is 0 Å². The summed E-state index contributed by atoms with van der Waals surface area (Å²) in [6.45, 7) is 5.38. The molecule has 1 atom stereocenters. The van der Waals surface area contributed by atoms with Crippen LogP contribution in [-0.2, 0) is 12.0 Å². The first-order chi connectivity index (χ1) is 9.58. The predicted molar refractivity (Wildman–Crippen MR) is 83.8 cm³/mol. The van der Waals surface area contributed by atoms with E-state index in [1.807, 2.05) is 37.3 Å². The largest absolute Gasteiger partial charge is 0.384 e. The van der Waals surface area contributed by atoms with Crippen LogP contribution in [0.25, 0.3) is 0 Å². The van der Waals surface area contributed by atoms with Gasteiger partial charge in [0.25, 0.3) is 0 Å². The minimum Gasteiger partial charge on any atom is -0.384 e. The summed E-state index contributed by atoms with van der Waals surface area (Å²) < 4.78 is 0. The number of aliphatic hydroxyl groups is 1. The third kappa shape index (κ3) is 4.19. The first-order valence-electron chi connectivity index (χ1n) is 7.12. The second-order valence-electron chi connectivity index (χ2n) is 5.56. The Hall–Kier alpha value is -1.64. The van der Waals surface area contributed by atoms with Crippen LogP contribution in [0.2, 0.25) is 0 Å². The Morgan fingerprint density at radius 3 is 2.50 bits per heavy atom. The Bertz CT molecular complexity index is 534. The van der Waals surface area contributed by atoms with Crippen LogP contribution >= 0.6 is 0 Å². The van der Waals surface area contributed by atoms with Crippen LogP contribution in [0.3, 0.4) is 0 Å². The van der Waals surface area contributed by atoms with Crippen LogP contribution in [-0.4, -0.2) is 18.2 Å². The molecule has 20 heavy (non-hydrogen) atoms. The molecule has 0 amide bonds. The monoisotopic (exact) mass is 269 g/mol. The zero-order valence-corrected chi connectivity index (χ0v) is 12.3. The Balaban J connectivity index is 1.81. The van der Waals surface area contributed by atoms with Gasteiger partial charge in [0, 0.05) is 6.54 Å². The van der Waals surface area contributed by atoms with Gasteiger partial charge in [-0.1, -0.05) is 60.2 Å². The van der Waals surface area contributed by atoms with Crippen LogP contribution in [0, 0.1) is 6.92 Å². The van der Waals surface area contributed by atoms with E-state index in [4.69, 9.17) is 0 Å². The summed E-state index contributed by atoms with van der Waals surface area (Å²) in [6.07, 6.45) is 0.979. The molecular formula is C18H23NO. The minimum absolute atomic E-state index is 0.558. The highest BCUT2D eigenvalue weighted by Gasteiger charge is 2.21. The van der Waals surface area contributed by atoms with Gasteiger partial charge in [0.15, 0.2) is 0 Å². The van der Waals surface area contributed by atoms with Crippen molar-refractivity contribution in [2.24, 2.45) is 0 Å². The van der Waals surface area contributed by atoms with E-state index in [1.54, 1.807) is 0 Å². The Labute approximate surface area is 121 Å². The zero-order valence-electron chi connectivity index (χ0n) is 12.3. The van der Waals surface area contributed by atoms with Gasteiger partial charge in [0.1, 0.15) is 0 Å². The van der Waals surface area contributed by atoms with E-state index in [9.17, 15) is 5.11 Å². The predicted octanol–water partition coefficient (Wildman–Crippen LogP) is 3.03. The van der Waals surface area contributed by atoms with E-state index >= 15 is 0 Å². The van der Waals surface area contributed by atoms with Gasteiger partial charge < -0.3 is 10.4 Å². The highest BCUT2D eigenvalue weighted by Crippen LogP contribution is 2.18. The van der Waals surface area contributed by atoms with Gasteiger partial charge in [0.2, 0.25) is 0 Å². The molecule has 0 aliphatic rings. The molecule has 0 saturated carbocycles. The van der Waals surface area contributed by atoms with Crippen molar-refractivity contribution in [3.63, 3.8) is 0 Å². The van der Waals surface area contributed by atoms with Crippen LogP contribution < -0.4 is 5.32 Å². The molecule has 0 radical (unpaired) electrons. The van der Waals surface area contributed by atoms with Crippen molar-refractivity contribution in [2.45, 2.75) is 25.9 Å². The highest BCUT2D eigenvalue weighted by atomic mass is 16.3. The molecule has 0 fully saturated rings. The molecule has 0 heterocycles. The highest BCUT2D eigenvalue weighted by molar-refractivity contribution is 5.23. The topological polar surface area (TPSA) is 32.3 Å². The Morgan fingerprint density at radius 1 is 1.05 bits per heavy atom. The van der Waals surface area contributed by atoms with Gasteiger partial charge in [-0.05, 0) is 37.9 Å². The Morgan fingerprint density at radius 2 is 1.80 bits per heavy atom.